The highest BCUT2D eigenvalue weighted by Gasteiger charge is 2.43. The van der Waals surface area contributed by atoms with E-state index in [4.69, 9.17) is 17.3 Å². The second-order valence-corrected chi connectivity index (χ2v) is 7.05. The fraction of sp³-hybridized carbons (Fsp3) is 0.294. The third-order valence-electron chi connectivity index (χ3n) is 4.44. The van der Waals surface area contributed by atoms with Gasteiger partial charge in [0.1, 0.15) is 0 Å². The van der Waals surface area contributed by atoms with Crippen molar-refractivity contribution in [2.75, 3.05) is 6.54 Å². The summed E-state index contributed by atoms with van der Waals surface area (Å²) in [6.07, 6.45) is 0.933. The van der Waals surface area contributed by atoms with E-state index in [1.54, 1.807) is 6.07 Å². The van der Waals surface area contributed by atoms with Gasteiger partial charge >= 0.3 is 0 Å². The Kier molecular flexibility index (Phi) is 4.10. The van der Waals surface area contributed by atoms with Crippen molar-refractivity contribution < 1.29 is 5.11 Å². The van der Waals surface area contributed by atoms with Gasteiger partial charge in [-0.2, -0.15) is 0 Å². The Morgan fingerprint density at radius 1 is 1.19 bits per heavy atom. The minimum atomic E-state index is -0.650. The highest BCUT2D eigenvalue weighted by molar-refractivity contribution is 9.10. The van der Waals surface area contributed by atoms with Gasteiger partial charge in [-0.1, -0.05) is 51.8 Å². The largest absolute Gasteiger partial charge is 0.388 e. The molecule has 2 aromatic rings. The van der Waals surface area contributed by atoms with E-state index in [9.17, 15) is 5.11 Å². The first-order valence-corrected chi connectivity index (χ1v) is 8.13. The molecule has 1 unspecified atom stereocenters. The van der Waals surface area contributed by atoms with Gasteiger partial charge in [0.05, 0.1) is 6.10 Å². The second-order valence-electron chi connectivity index (χ2n) is 5.76. The zero-order valence-corrected chi connectivity index (χ0v) is 13.9. The molecule has 1 atom stereocenters. The lowest BCUT2D eigenvalue weighted by atomic mass is 9.76. The van der Waals surface area contributed by atoms with Gasteiger partial charge in [0.15, 0.2) is 0 Å². The molecule has 0 radical (unpaired) electrons. The molecule has 3 N–H and O–H groups in total. The quantitative estimate of drug-likeness (QED) is 0.866. The van der Waals surface area contributed by atoms with E-state index in [0.717, 1.165) is 22.9 Å². The molecule has 0 fully saturated rings. The first kappa shape index (κ1) is 15.0. The normalized spacial score (nSPS) is 17.5. The van der Waals surface area contributed by atoms with Crippen molar-refractivity contribution >= 4 is 27.5 Å². The molecule has 21 heavy (non-hydrogen) atoms. The van der Waals surface area contributed by atoms with Gasteiger partial charge in [0.25, 0.3) is 0 Å². The van der Waals surface area contributed by atoms with Crippen LogP contribution in [0.5, 0.6) is 0 Å². The molecule has 0 aliphatic heterocycles. The Bertz CT molecular complexity index is 649. The van der Waals surface area contributed by atoms with Crippen molar-refractivity contribution in [1.82, 2.24) is 0 Å². The Morgan fingerprint density at radius 2 is 1.81 bits per heavy atom. The van der Waals surface area contributed by atoms with Crippen LogP contribution < -0.4 is 5.73 Å². The van der Waals surface area contributed by atoms with Crippen LogP contribution in [0.25, 0.3) is 0 Å². The summed E-state index contributed by atoms with van der Waals surface area (Å²) in [7, 11) is 0. The molecular formula is C17H17BrClNO. The molecule has 1 aliphatic rings. The van der Waals surface area contributed by atoms with Gasteiger partial charge in [0, 0.05) is 21.5 Å². The van der Waals surface area contributed by atoms with Gasteiger partial charge in [0.2, 0.25) is 0 Å². The first-order valence-electron chi connectivity index (χ1n) is 6.95. The number of hydrogen-bond acceptors (Lipinski definition) is 2. The molecule has 0 saturated heterocycles. The fourth-order valence-electron chi connectivity index (χ4n) is 3.23. The zero-order valence-electron chi connectivity index (χ0n) is 11.5. The van der Waals surface area contributed by atoms with E-state index in [-0.39, 0.29) is 5.41 Å². The van der Waals surface area contributed by atoms with Crippen LogP contribution in [0, 0.1) is 5.41 Å². The standard InChI is InChI=1S/C17H17BrClNO/c18-15-6-5-13(19)7-14(15)16(21)17(10-20)8-11-3-1-2-4-12(11)9-17/h1-7,16,21H,8-10,20H2. The molecule has 0 aromatic heterocycles. The summed E-state index contributed by atoms with van der Waals surface area (Å²) in [5.41, 5.74) is 9.06. The number of rotatable bonds is 3. The Balaban J connectivity index is 2.00. The summed E-state index contributed by atoms with van der Waals surface area (Å²) in [5.74, 6) is 0. The molecular weight excluding hydrogens is 350 g/mol. The summed E-state index contributed by atoms with van der Waals surface area (Å²) in [4.78, 5) is 0. The molecule has 0 bridgehead atoms. The average Bonchev–Trinajstić information content (AvgIpc) is 2.89. The maximum absolute atomic E-state index is 11.0. The van der Waals surface area contributed by atoms with Crippen LogP contribution in [0.1, 0.15) is 22.8 Å². The average molecular weight is 367 g/mol. The summed E-state index contributed by atoms with van der Waals surface area (Å²) in [5, 5.41) is 11.6. The van der Waals surface area contributed by atoms with E-state index >= 15 is 0 Å². The van der Waals surface area contributed by atoms with Crippen LogP contribution in [-0.4, -0.2) is 11.7 Å². The SMILES string of the molecule is NCC1(C(O)c2cc(Cl)ccc2Br)Cc2ccccc2C1. The molecule has 4 heteroatoms. The van der Waals surface area contributed by atoms with E-state index in [1.807, 2.05) is 24.3 Å². The number of aliphatic hydroxyl groups excluding tert-OH is 1. The summed E-state index contributed by atoms with van der Waals surface area (Å²) in [6.45, 7) is 0.432. The number of nitrogens with two attached hydrogens (primary N) is 1. The maximum Gasteiger partial charge on any atom is 0.0876 e. The number of hydrogen-bond donors (Lipinski definition) is 2. The molecule has 110 valence electrons. The molecule has 2 aromatic carbocycles. The Hall–Kier alpha value is -0.870. The zero-order chi connectivity index (χ0) is 15.0. The van der Waals surface area contributed by atoms with E-state index < -0.39 is 6.10 Å². The lowest BCUT2D eigenvalue weighted by molar-refractivity contribution is 0.0352. The van der Waals surface area contributed by atoms with Crippen molar-refractivity contribution in [3.8, 4) is 0 Å². The molecule has 0 saturated carbocycles. The Labute approximate surface area is 138 Å². The summed E-state index contributed by atoms with van der Waals surface area (Å²) >= 11 is 9.59. The van der Waals surface area contributed by atoms with E-state index in [1.165, 1.54) is 11.1 Å². The van der Waals surface area contributed by atoms with Gasteiger partial charge in [-0.05, 0) is 47.7 Å². The number of halogens is 2. The van der Waals surface area contributed by atoms with Gasteiger partial charge in [-0.15, -0.1) is 0 Å². The van der Waals surface area contributed by atoms with Crippen molar-refractivity contribution in [3.05, 3.63) is 68.7 Å². The van der Waals surface area contributed by atoms with Crippen molar-refractivity contribution in [1.29, 1.82) is 0 Å². The summed E-state index contributed by atoms with van der Waals surface area (Å²) in [6, 6.07) is 13.8. The lowest BCUT2D eigenvalue weighted by Gasteiger charge is -2.34. The topological polar surface area (TPSA) is 46.2 Å². The first-order chi connectivity index (χ1) is 10.1. The molecule has 3 rings (SSSR count). The third-order valence-corrected chi connectivity index (χ3v) is 5.40. The second kappa shape index (κ2) is 5.73. The predicted octanol–water partition coefficient (Wildman–Crippen LogP) is 3.88. The smallest absolute Gasteiger partial charge is 0.0876 e. The predicted molar refractivity (Wildman–Crippen MR) is 89.4 cm³/mol. The highest BCUT2D eigenvalue weighted by atomic mass is 79.9. The fourth-order valence-corrected chi connectivity index (χ4v) is 3.87. The lowest BCUT2D eigenvalue weighted by Crippen LogP contribution is -2.37. The van der Waals surface area contributed by atoms with Crippen LogP contribution in [0.4, 0.5) is 0 Å². The number of fused-ring (bicyclic) bond motifs is 1. The van der Waals surface area contributed by atoms with Crippen LogP contribution in [0.2, 0.25) is 5.02 Å². The maximum atomic E-state index is 11.0. The number of aliphatic hydroxyl groups is 1. The molecule has 0 amide bonds. The van der Waals surface area contributed by atoms with Gasteiger partial charge < -0.3 is 10.8 Å². The van der Waals surface area contributed by atoms with E-state index in [0.29, 0.717) is 11.6 Å². The monoisotopic (exact) mass is 365 g/mol. The van der Waals surface area contributed by atoms with Crippen molar-refractivity contribution in [2.24, 2.45) is 11.1 Å². The third kappa shape index (κ3) is 2.64. The van der Waals surface area contributed by atoms with Crippen LogP contribution >= 0.6 is 27.5 Å². The molecule has 0 heterocycles. The highest BCUT2D eigenvalue weighted by Crippen LogP contribution is 2.46. The van der Waals surface area contributed by atoms with E-state index in [2.05, 4.69) is 28.1 Å². The molecule has 0 spiro atoms. The molecule has 2 nitrogen and oxygen atoms in total. The minimum Gasteiger partial charge on any atom is -0.388 e. The Morgan fingerprint density at radius 3 is 2.38 bits per heavy atom. The van der Waals surface area contributed by atoms with Crippen LogP contribution in [-0.2, 0) is 12.8 Å². The minimum absolute atomic E-state index is 0.364. The molecule has 1 aliphatic carbocycles. The van der Waals surface area contributed by atoms with Gasteiger partial charge in [-0.3, -0.25) is 0 Å². The number of benzene rings is 2. The van der Waals surface area contributed by atoms with Gasteiger partial charge in [-0.25, -0.2) is 0 Å². The van der Waals surface area contributed by atoms with Crippen molar-refractivity contribution in [3.63, 3.8) is 0 Å². The van der Waals surface area contributed by atoms with Crippen molar-refractivity contribution in [2.45, 2.75) is 18.9 Å². The van der Waals surface area contributed by atoms with Crippen LogP contribution in [0.15, 0.2) is 46.9 Å². The van der Waals surface area contributed by atoms with Crippen LogP contribution in [0.3, 0.4) is 0 Å². The summed E-state index contributed by atoms with van der Waals surface area (Å²) < 4.78 is 0.864.